The Morgan fingerprint density at radius 2 is 2.31 bits per heavy atom. The number of amides is 1. The second-order valence-electron chi connectivity index (χ2n) is 6.78. The predicted octanol–water partition coefficient (Wildman–Crippen LogP) is 2.36. The fraction of sp³-hybridized carbons (Fsp3) is 0.368. The number of nitrogens with one attached hydrogen (secondary N) is 1. The molecule has 1 amide bonds. The number of hydrogen-bond donors (Lipinski definition) is 1. The molecular weight excluding hydrogens is 410 g/mol. The lowest BCUT2D eigenvalue weighted by atomic mass is 10.1. The maximum atomic E-state index is 12.6. The summed E-state index contributed by atoms with van der Waals surface area (Å²) in [6, 6.07) is 8.72. The Kier molecular flexibility index (Phi) is 6.39. The lowest BCUT2D eigenvalue weighted by molar-refractivity contribution is -0.115. The summed E-state index contributed by atoms with van der Waals surface area (Å²) in [6.07, 6.45) is 2.21. The van der Waals surface area contributed by atoms with Crippen LogP contribution in [0.25, 0.3) is 0 Å². The minimum absolute atomic E-state index is 0.0677. The first-order valence-corrected chi connectivity index (χ1v) is 11.7. The normalized spacial score (nSPS) is 18.7. The van der Waals surface area contributed by atoms with E-state index < -0.39 is 15.1 Å². The van der Waals surface area contributed by atoms with Gasteiger partial charge in [-0.1, -0.05) is 23.9 Å². The van der Waals surface area contributed by atoms with Crippen molar-refractivity contribution in [2.24, 2.45) is 0 Å². The number of rotatable bonds is 7. The molecule has 1 aliphatic rings. The van der Waals surface area contributed by atoms with Gasteiger partial charge in [0.15, 0.2) is 15.0 Å². The van der Waals surface area contributed by atoms with Gasteiger partial charge in [-0.2, -0.15) is 5.26 Å². The predicted molar refractivity (Wildman–Crippen MR) is 111 cm³/mol. The summed E-state index contributed by atoms with van der Waals surface area (Å²) in [7, 11) is -3.04. The van der Waals surface area contributed by atoms with E-state index >= 15 is 0 Å². The molecule has 0 bridgehead atoms. The summed E-state index contributed by atoms with van der Waals surface area (Å²) in [5, 5.41) is 20.2. The minimum atomic E-state index is -3.04. The lowest BCUT2D eigenvalue weighted by Crippen LogP contribution is -2.23. The SMILES string of the molecule is C=CCn1c(S[C@H](C)C(=O)Nc2cccc(C#N)c2)nnc1[C@@H]1CCS(=O)(=O)C1. The first-order valence-electron chi connectivity index (χ1n) is 9.05. The van der Waals surface area contributed by atoms with E-state index in [1.165, 1.54) is 11.8 Å². The Morgan fingerprint density at radius 3 is 2.97 bits per heavy atom. The Balaban J connectivity index is 1.74. The average molecular weight is 432 g/mol. The highest BCUT2D eigenvalue weighted by atomic mass is 32.2. The van der Waals surface area contributed by atoms with Gasteiger partial charge in [-0.3, -0.25) is 4.79 Å². The van der Waals surface area contributed by atoms with Crippen LogP contribution in [0.2, 0.25) is 0 Å². The van der Waals surface area contributed by atoms with Gasteiger partial charge >= 0.3 is 0 Å². The van der Waals surface area contributed by atoms with Crippen LogP contribution in [0.1, 0.15) is 30.7 Å². The molecule has 8 nitrogen and oxygen atoms in total. The van der Waals surface area contributed by atoms with Gasteiger partial charge in [-0.05, 0) is 31.5 Å². The van der Waals surface area contributed by atoms with E-state index in [9.17, 15) is 13.2 Å². The summed E-state index contributed by atoms with van der Waals surface area (Å²) in [4.78, 5) is 12.6. The molecule has 0 aliphatic carbocycles. The molecule has 1 aromatic heterocycles. The van der Waals surface area contributed by atoms with Crippen LogP contribution in [0.5, 0.6) is 0 Å². The maximum absolute atomic E-state index is 12.6. The molecule has 0 radical (unpaired) electrons. The number of carbonyl (C=O) groups is 1. The molecule has 152 valence electrons. The highest BCUT2D eigenvalue weighted by molar-refractivity contribution is 8.00. The quantitative estimate of drug-likeness (QED) is 0.528. The number of carbonyl (C=O) groups excluding carboxylic acids is 1. The Hall–Kier alpha value is -2.64. The molecule has 29 heavy (non-hydrogen) atoms. The highest BCUT2D eigenvalue weighted by Gasteiger charge is 2.33. The van der Waals surface area contributed by atoms with E-state index in [0.717, 1.165) is 0 Å². The van der Waals surface area contributed by atoms with Gasteiger partial charge in [0.1, 0.15) is 5.82 Å². The Morgan fingerprint density at radius 1 is 1.52 bits per heavy atom. The molecule has 0 spiro atoms. The highest BCUT2D eigenvalue weighted by Crippen LogP contribution is 2.31. The maximum Gasteiger partial charge on any atom is 0.237 e. The third-order valence-electron chi connectivity index (χ3n) is 4.57. The topological polar surface area (TPSA) is 118 Å². The van der Waals surface area contributed by atoms with Crippen molar-refractivity contribution in [2.45, 2.75) is 36.2 Å². The van der Waals surface area contributed by atoms with Crippen molar-refractivity contribution in [3.63, 3.8) is 0 Å². The first-order chi connectivity index (χ1) is 13.8. The van der Waals surface area contributed by atoms with Crippen LogP contribution in [0.4, 0.5) is 5.69 Å². The molecule has 1 fully saturated rings. The van der Waals surface area contributed by atoms with Gasteiger partial charge in [-0.15, -0.1) is 16.8 Å². The van der Waals surface area contributed by atoms with Crippen molar-refractivity contribution in [3.05, 3.63) is 48.3 Å². The second kappa shape index (κ2) is 8.80. The molecule has 10 heteroatoms. The van der Waals surface area contributed by atoms with Gasteiger partial charge < -0.3 is 9.88 Å². The first kappa shape index (κ1) is 21.1. The summed E-state index contributed by atoms with van der Waals surface area (Å²) < 4.78 is 25.5. The Labute approximate surface area is 173 Å². The Bertz CT molecular complexity index is 1070. The zero-order valence-corrected chi connectivity index (χ0v) is 17.5. The van der Waals surface area contributed by atoms with Crippen molar-refractivity contribution >= 4 is 33.2 Å². The van der Waals surface area contributed by atoms with E-state index in [0.29, 0.717) is 35.2 Å². The zero-order valence-electron chi connectivity index (χ0n) is 15.9. The number of allylic oxidation sites excluding steroid dienone is 1. The van der Waals surface area contributed by atoms with Gasteiger partial charge in [-0.25, -0.2) is 8.42 Å². The monoisotopic (exact) mass is 431 g/mol. The van der Waals surface area contributed by atoms with Crippen LogP contribution in [-0.2, 0) is 21.2 Å². The number of anilines is 1. The minimum Gasteiger partial charge on any atom is -0.325 e. The van der Waals surface area contributed by atoms with Crippen molar-refractivity contribution in [1.29, 1.82) is 5.26 Å². The van der Waals surface area contributed by atoms with E-state index in [4.69, 9.17) is 5.26 Å². The van der Waals surface area contributed by atoms with E-state index in [1.807, 2.05) is 10.6 Å². The number of nitriles is 1. The number of aromatic nitrogens is 3. The van der Waals surface area contributed by atoms with Crippen LogP contribution in [-0.4, -0.2) is 45.8 Å². The summed E-state index contributed by atoms with van der Waals surface area (Å²) in [5.74, 6) is 0.408. The summed E-state index contributed by atoms with van der Waals surface area (Å²) >= 11 is 1.24. The van der Waals surface area contributed by atoms with Crippen molar-refractivity contribution < 1.29 is 13.2 Å². The van der Waals surface area contributed by atoms with Crippen molar-refractivity contribution in [2.75, 3.05) is 16.8 Å². The molecule has 1 saturated heterocycles. The molecular formula is C19H21N5O3S2. The third-order valence-corrected chi connectivity index (χ3v) is 7.41. The van der Waals surface area contributed by atoms with Crippen LogP contribution in [0.15, 0.2) is 42.1 Å². The fourth-order valence-corrected chi connectivity index (χ4v) is 5.72. The van der Waals surface area contributed by atoms with E-state index in [-0.39, 0.29) is 23.3 Å². The van der Waals surface area contributed by atoms with Gasteiger partial charge in [0.25, 0.3) is 0 Å². The third kappa shape index (κ3) is 5.05. The van der Waals surface area contributed by atoms with Crippen LogP contribution in [0, 0.1) is 11.3 Å². The molecule has 1 N–H and O–H groups in total. The smallest absolute Gasteiger partial charge is 0.237 e. The number of nitrogens with zero attached hydrogens (tertiary/aromatic N) is 4. The van der Waals surface area contributed by atoms with Gasteiger partial charge in [0, 0.05) is 18.2 Å². The van der Waals surface area contributed by atoms with Crippen LogP contribution in [0.3, 0.4) is 0 Å². The molecule has 0 saturated carbocycles. The molecule has 2 atom stereocenters. The number of hydrogen-bond acceptors (Lipinski definition) is 7. The summed E-state index contributed by atoms with van der Waals surface area (Å²) in [5.41, 5.74) is 1.01. The zero-order chi connectivity index (χ0) is 21.0. The van der Waals surface area contributed by atoms with E-state index in [2.05, 4.69) is 22.1 Å². The van der Waals surface area contributed by atoms with Crippen LogP contribution < -0.4 is 5.32 Å². The molecule has 0 unspecified atom stereocenters. The van der Waals surface area contributed by atoms with Crippen molar-refractivity contribution in [3.8, 4) is 6.07 Å². The molecule has 1 aliphatic heterocycles. The second-order valence-corrected chi connectivity index (χ2v) is 10.3. The molecule has 3 rings (SSSR count). The molecule has 2 aromatic rings. The van der Waals surface area contributed by atoms with Crippen molar-refractivity contribution in [1.82, 2.24) is 14.8 Å². The largest absolute Gasteiger partial charge is 0.325 e. The lowest BCUT2D eigenvalue weighted by Gasteiger charge is -2.14. The average Bonchev–Trinajstić information content (AvgIpc) is 3.25. The number of benzene rings is 1. The van der Waals surface area contributed by atoms with Gasteiger partial charge in [0.2, 0.25) is 5.91 Å². The molecule has 2 heterocycles. The van der Waals surface area contributed by atoms with Gasteiger partial charge in [0.05, 0.1) is 28.4 Å². The molecule has 1 aromatic carbocycles. The summed E-state index contributed by atoms with van der Waals surface area (Å²) in [6.45, 7) is 5.93. The number of thioether (sulfide) groups is 1. The van der Waals surface area contributed by atoms with Crippen LogP contribution >= 0.6 is 11.8 Å². The van der Waals surface area contributed by atoms with E-state index in [1.54, 1.807) is 37.3 Å². The standard InChI is InChI=1S/C19H21N5O3S2/c1-3-8-24-17(15-7-9-29(26,27)12-15)22-23-19(24)28-13(2)18(25)21-16-6-4-5-14(10-16)11-20/h3-6,10,13,15H,1,7-9,12H2,2H3,(H,21,25)/t13-,15-/m1/s1. The fourth-order valence-electron chi connectivity index (χ4n) is 3.11. The number of sulfone groups is 1.